The SMILES string of the molecule is O=C1CSc2ccc(C(=O)OC(C(=O)c3ccccc3)c3ccccc3)cc2N1. The van der Waals surface area contributed by atoms with E-state index in [0.717, 1.165) is 4.90 Å². The van der Waals surface area contributed by atoms with Crippen molar-refractivity contribution in [3.05, 3.63) is 95.6 Å². The molecular weight excluding hydrogens is 386 g/mol. The third kappa shape index (κ3) is 4.22. The second kappa shape index (κ2) is 8.32. The Morgan fingerprint density at radius 1 is 0.897 bits per heavy atom. The molecule has 3 aromatic rings. The van der Waals surface area contributed by atoms with Gasteiger partial charge in [0.1, 0.15) is 0 Å². The molecule has 0 saturated carbocycles. The number of rotatable bonds is 5. The second-order valence-corrected chi connectivity index (χ2v) is 7.49. The predicted molar refractivity (Wildman–Crippen MR) is 111 cm³/mol. The maximum absolute atomic E-state index is 13.1. The van der Waals surface area contributed by atoms with Crippen LogP contribution < -0.4 is 5.32 Å². The van der Waals surface area contributed by atoms with Crippen LogP contribution in [0.25, 0.3) is 0 Å². The van der Waals surface area contributed by atoms with Gasteiger partial charge in [-0.2, -0.15) is 0 Å². The summed E-state index contributed by atoms with van der Waals surface area (Å²) in [5, 5.41) is 2.75. The fraction of sp³-hybridized carbons (Fsp3) is 0.0870. The summed E-state index contributed by atoms with van der Waals surface area (Å²) in [6.45, 7) is 0. The molecule has 5 nitrogen and oxygen atoms in total. The summed E-state index contributed by atoms with van der Waals surface area (Å²) in [6.07, 6.45) is -1.06. The quantitative estimate of drug-likeness (QED) is 0.501. The van der Waals surface area contributed by atoms with Crippen molar-refractivity contribution in [3.8, 4) is 0 Å². The minimum atomic E-state index is -1.06. The van der Waals surface area contributed by atoms with Crippen molar-refractivity contribution < 1.29 is 19.1 Å². The fourth-order valence-electron chi connectivity index (χ4n) is 3.04. The number of hydrogen-bond donors (Lipinski definition) is 1. The van der Waals surface area contributed by atoms with E-state index in [4.69, 9.17) is 4.74 Å². The second-order valence-electron chi connectivity index (χ2n) is 6.47. The van der Waals surface area contributed by atoms with Gasteiger partial charge in [-0.05, 0) is 18.2 Å². The van der Waals surface area contributed by atoms with Crippen LogP contribution >= 0.6 is 11.8 Å². The zero-order valence-corrected chi connectivity index (χ0v) is 16.1. The lowest BCUT2D eigenvalue weighted by molar-refractivity contribution is -0.113. The smallest absolute Gasteiger partial charge is 0.339 e. The Hall–Kier alpha value is -3.38. The minimum Gasteiger partial charge on any atom is -0.445 e. The number of carbonyl (C=O) groups excluding carboxylic acids is 3. The van der Waals surface area contributed by atoms with Gasteiger partial charge in [-0.1, -0.05) is 60.7 Å². The number of ether oxygens (including phenoxy) is 1. The predicted octanol–water partition coefficient (Wildman–Crippen LogP) is 4.51. The van der Waals surface area contributed by atoms with Crippen LogP contribution in [0.4, 0.5) is 5.69 Å². The molecule has 29 heavy (non-hydrogen) atoms. The number of anilines is 1. The topological polar surface area (TPSA) is 72.5 Å². The molecular formula is C23H17NO4S. The molecule has 3 aromatic carbocycles. The number of amides is 1. The Labute approximate surface area is 172 Å². The Morgan fingerprint density at radius 2 is 1.59 bits per heavy atom. The highest BCUT2D eigenvalue weighted by Crippen LogP contribution is 2.33. The molecule has 1 unspecified atom stereocenters. The van der Waals surface area contributed by atoms with Crippen LogP contribution in [0.3, 0.4) is 0 Å². The van der Waals surface area contributed by atoms with Crippen molar-refractivity contribution in [1.82, 2.24) is 0 Å². The number of thioether (sulfide) groups is 1. The number of esters is 1. The molecule has 6 heteroatoms. The Morgan fingerprint density at radius 3 is 2.31 bits per heavy atom. The Balaban J connectivity index is 1.63. The van der Waals surface area contributed by atoms with Crippen molar-refractivity contribution in [2.75, 3.05) is 11.1 Å². The van der Waals surface area contributed by atoms with Gasteiger partial charge in [0.05, 0.1) is 17.0 Å². The standard InChI is InChI=1S/C23H17NO4S/c25-20-14-29-19-12-11-17(13-18(19)24-20)23(27)28-22(16-9-5-2-6-10-16)21(26)15-7-3-1-4-8-15/h1-13,22H,14H2,(H,24,25). The van der Waals surface area contributed by atoms with Crippen LogP contribution in [0.2, 0.25) is 0 Å². The van der Waals surface area contributed by atoms with Crippen LogP contribution in [0.5, 0.6) is 0 Å². The van der Waals surface area contributed by atoms with Gasteiger partial charge in [0.2, 0.25) is 11.7 Å². The number of nitrogens with one attached hydrogen (secondary N) is 1. The summed E-state index contributed by atoms with van der Waals surface area (Å²) in [5.41, 5.74) is 1.90. The van der Waals surface area contributed by atoms with Crippen molar-refractivity contribution in [2.45, 2.75) is 11.0 Å². The lowest BCUT2D eigenvalue weighted by Crippen LogP contribution is -2.21. The van der Waals surface area contributed by atoms with E-state index in [9.17, 15) is 14.4 Å². The van der Waals surface area contributed by atoms with E-state index < -0.39 is 12.1 Å². The molecule has 1 atom stereocenters. The summed E-state index contributed by atoms with van der Waals surface area (Å²) in [6, 6.07) is 22.6. The third-order valence-corrected chi connectivity index (χ3v) is 5.55. The van der Waals surface area contributed by atoms with Gasteiger partial charge in [0, 0.05) is 16.0 Å². The maximum Gasteiger partial charge on any atom is 0.339 e. The monoisotopic (exact) mass is 403 g/mol. The highest BCUT2D eigenvalue weighted by molar-refractivity contribution is 8.00. The van der Waals surface area contributed by atoms with Crippen LogP contribution in [-0.4, -0.2) is 23.4 Å². The van der Waals surface area contributed by atoms with Crippen molar-refractivity contribution in [2.24, 2.45) is 0 Å². The van der Waals surface area contributed by atoms with Crippen molar-refractivity contribution in [1.29, 1.82) is 0 Å². The maximum atomic E-state index is 13.1. The van der Waals surface area contributed by atoms with Gasteiger partial charge in [-0.15, -0.1) is 11.8 Å². The molecule has 0 fully saturated rings. The van der Waals surface area contributed by atoms with E-state index in [1.807, 2.05) is 12.1 Å². The van der Waals surface area contributed by atoms with Gasteiger partial charge in [0.25, 0.3) is 0 Å². The van der Waals surface area contributed by atoms with Gasteiger partial charge >= 0.3 is 5.97 Å². The van der Waals surface area contributed by atoms with Crippen molar-refractivity contribution >= 4 is 35.1 Å². The minimum absolute atomic E-state index is 0.116. The Bertz CT molecular complexity index is 1070. The number of hydrogen-bond acceptors (Lipinski definition) is 5. The number of benzene rings is 3. The van der Waals surface area contributed by atoms with Crippen molar-refractivity contribution in [3.63, 3.8) is 0 Å². The number of ketones is 1. The van der Waals surface area contributed by atoms with Gasteiger partial charge in [-0.3, -0.25) is 9.59 Å². The summed E-state index contributed by atoms with van der Waals surface area (Å²) >= 11 is 1.41. The van der Waals surface area contributed by atoms with Crippen LogP contribution in [0, 0.1) is 0 Å². The Kier molecular flexibility index (Phi) is 5.44. The molecule has 0 bridgehead atoms. The van der Waals surface area contributed by atoms with Gasteiger partial charge in [0.15, 0.2) is 6.10 Å². The van der Waals surface area contributed by atoms with E-state index in [2.05, 4.69) is 5.32 Å². The molecule has 0 saturated heterocycles. The lowest BCUT2D eigenvalue weighted by Gasteiger charge is -2.19. The first-order chi connectivity index (χ1) is 14.1. The first kappa shape index (κ1) is 19.0. The molecule has 4 rings (SSSR count). The normalized spacial score (nSPS) is 13.7. The average molecular weight is 403 g/mol. The van der Waals surface area contributed by atoms with Gasteiger partial charge < -0.3 is 10.1 Å². The highest BCUT2D eigenvalue weighted by atomic mass is 32.2. The molecule has 1 aliphatic rings. The molecule has 144 valence electrons. The third-order valence-electron chi connectivity index (χ3n) is 4.47. The number of carbonyl (C=O) groups is 3. The van der Waals surface area contributed by atoms with Crippen LogP contribution in [0.1, 0.15) is 32.4 Å². The highest BCUT2D eigenvalue weighted by Gasteiger charge is 2.27. The molecule has 0 radical (unpaired) electrons. The molecule has 1 aliphatic heterocycles. The number of fused-ring (bicyclic) bond motifs is 1. The molecule has 1 heterocycles. The fourth-order valence-corrected chi connectivity index (χ4v) is 3.83. The van der Waals surface area contributed by atoms with E-state index in [-0.39, 0.29) is 17.3 Å². The zero-order chi connectivity index (χ0) is 20.2. The van der Waals surface area contributed by atoms with E-state index >= 15 is 0 Å². The van der Waals surface area contributed by atoms with Crippen LogP contribution in [-0.2, 0) is 9.53 Å². The van der Waals surface area contributed by atoms with E-state index in [1.54, 1.807) is 66.7 Å². The zero-order valence-electron chi connectivity index (χ0n) is 15.3. The van der Waals surface area contributed by atoms with Crippen LogP contribution in [0.15, 0.2) is 83.8 Å². The largest absolute Gasteiger partial charge is 0.445 e. The van der Waals surface area contributed by atoms with Gasteiger partial charge in [-0.25, -0.2) is 4.79 Å². The molecule has 1 amide bonds. The molecule has 1 N–H and O–H groups in total. The summed E-state index contributed by atoms with van der Waals surface area (Å²) in [5.74, 6) is -0.699. The average Bonchev–Trinajstić information content (AvgIpc) is 2.77. The lowest BCUT2D eigenvalue weighted by atomic mass is 9.99. The first-order valence-electron chi connectivity index (χ1n) is 9.04. The summed E-state index contributed by atoms with van der Waals surface area (Å²) < 4.78 is 5.65. The molecule has 0 aromatic heterocycles. The first-order valence-corrected chi connectivity index (χ1v) is 10.0. The van der Waals surface area contributed by atoms with E-state index in [0.29, 0.717) is 22.6 Å². The van der Waals surface area contributed by atoms with E-state index in [1.165, 1.54) is 11.8 Å². The number of Topliss-reactive ketones (excluding diaryl/α,β-unsaturated/α-hetero) is 1. The summed E-state index contributed by atoms with van der Waals surface area (Å²) in [4.78, 5) is 38.4. The summed E-state index contributed by atoms with van der Waals surface area (Å²) in [7, 11) is 0. The molecule has 0 spiro atoms. The molecule has 0 aliphatic carbocycles.